The molecule has 0 aliphatic carbocycles. The van der Waals surface area contributed by atoms with E-state index in [4.69, 9.17) is 0 Å². The molecule has 100 valence electrons. The Morgan fingerprint density at radius 2 is 2.39 bits per heavy atom. The highest BCUT2D eigenvalue weighted by Crippen LogP contribution is 2.20. The molecule has 1 aliphatic heterocycles. The first-order valence-electron chi connectivity index (χ1n) is 6.23. The van der Waals surface area contributed by atoms with Crippen molar-refractivity contribution in [1.29, 1.82) is 0 Å². The Morgan fingerprint density at radius 3 is 3.00 bits per heavy atom. The SMILES string of the molecule is CNc1ncc(F)c(N(C)CC2CCCN2C)n1. The zero-order valence-electron chi connectivity index (χ0n) is 11.1. The highest BCUT2D eigenvalue weighted by molar-refractivity contribution is 5.43. The zero-order chi connectivity index (χ0) is 13.1. The first-order chi connectivity index (χ1) is 8.61. The van der Waals surface area contributed by atoms with Gasteiger partial charge in [-0.3, -0.25) is 0 Å². The molecule has 0 radical (unpaired) electrons. The number of likely N-dealkylation sites (tertiary alicyclic amines) is 1. The van der Waals surface area contributed by atoms with Crippen molar-refractivity contribution in [2.24, 2.45) is 0 Å². The number of hydrogen-bond acceptors (Lipinski definition) is 5. The monoisotopic (exact) mass is 253 g/mol. The molecule has 0 aromatic carbocycles. The Balaban J connectivity index is 2.10. The van der Waals surface area contributed by atoms with Gasteiger partial charge >= 0.3 is 0 Å². The van der Waals surface area contributed by atoms with Gasteiger partial charge in [-0.15, -0.1) is 0 Å². The van der Waals surface area contributed by atoms with E-state index in [9.17, 15) is 4.39 Å². The van der Waals surface area contributed by atoms with Crippen LogP contribution in [-0.2, 0) is 0 Å². The van der Waals surface area contributed by atoms with Gasteiger partial charge in [0.15, 0.2) is 11.6 Å². The normalized spacial score (nSPS) is 20.1. The van der Waals surface area contributed by atoms with Crippen LogP contribution in [-0.4, -0.2) is 55.1 Å². The lowest BCUT2D eigenvalue weighted by Crippen LogP contribution is -2.37. The van der Waals surface area contributed by atoms with Crippen LogP contribution in [0.3, 0.4) is 0 Å². The summed E-state index contributed by atoms with van der Waals surface area (Å²) in [5.41, 5.74) is 0. The van der Waals surface area contributed by atoms with Gasteiger partial charge < -0.3 is 15.1 Å². The second-order valence-corrected chi connectivity index (χ2v) is 4.77. The first-order valence-corrected chi connectivity index (χ1v) is 6.23. The van der Waals surface area contributed by atoms with Crippen LogP contribution >= 0.6 is 0 Å². The van der Waals surface area contributed by atoms with Crippen LogP contribution < -0.4 is 10.2 Å². The lowest BCUT2D eigenvalue weighted by molar-refractivity contribution is 0.313. The highest BCUT2D eigenvalue weighted by atomic mass is 19.1. The molecule has 18 heavy (non-hydrogen) atoms. The van der Waals surface area contributed by atoms with Crippen molar-refractivity contribution in [3.8, 4) is 0 Å². The van der Waals surface area contributed by atoms with Crippen molar-refractivity contribution >= 4 is 11.8 Å². The number of likely N-dealkylation sites (N-methyl/N-ethyl adjacent to an activating group) is 2. The maximum Gasteiger partial charge on any atom is 0.224 e. The molecule has 1 aromatic heterocycles. The Hall–Kier alpha value is -1.43. The second-order valence-electron chi connectivity index (χ2n) is 4.77. The predicted octanol–water partition coefficient (Wildman–Crippen LogP) is 1.19. The fraction of sp³-hybridized carbons (Fsp3) is 0.667. The number of rotatable bonds is 4. The number of nitrogens with one attached hydrogen (secondary N) is 1. The lowest BCUT2D eigenvalue weighted by Gasteiger charge is -2.26. The fourth-order valence-corrected chi connectivity index (χ4v) is 2.36. The van der Waals surface area contributed by atoms with E-state index in [0.717, 1.165) is 19.5 Å². The van der Waals surface area contributed by atoms with E-state index in [1.54, 1.807) is 7.05 Å². The van der Waals surface area contributed by atoms with E-state index in [2.05, 4.69) is 27.2 Å². The summed E-state index contributed by atoms with van der Waals surface area (Å²) in [5.74, 6) is 0.421. The number of anilines is 2. The largest absolute Gasteiger partial charge is 0.357 e. The third kappa shape index (κ3) is 2.69. The van der Waals surface area contributed by atoms with Gasteiger partial charge in [-0.05, 0) is 26.4 Å². The number of aromatic nitrogens is 2. The molecule has 1 atom stereocenters. The van der Waals surface area contributed by atoms with Crippen molar-refractivity contribution < 1.29 is 4.39 Å². The van der Waals surface area contributed by atoms with Crippen molar-refractivity contribution in [2.75, 3.05) is 44.4 Å². The Labute approximate surface area is 107 Å². The maximum absolute atomic E-state index is 13.7. The summed E-state index contributed by atoms with van der Waals surface area (Å²) in [7, 11) is 5.71. The predicted molar refractivity (Wildman–Crippen MR) is 70.5 cm³/mol. The molecule has 0 spiro atoms. The maximum atomic E-state index is 13.7. The standard InChI is InChI=1S/C12H20FN5/c1-14-12-15-7-10(13)11(16-12)18(3)8-9-5-4-6-17(9)2/h7,9H,4-6,8H2,1-3H3,(H,14,15,16). The lowest BCUT2D eigenvalue weighted by atomic mass is 10.2. The third-order valence-corrected chi connectivity index (χ3v) is 3.47. The molecule has 1 aliphatic rings. The van der Waals surface area contributed by atoms with Crippen LogP contribution in [0.1, 0.15) is 12.8 Å². The molecule has 1 unspecified atom stereocenters. The molecule has 0 saturated carbocycles. The molecule has 5 nitrogen and oxygen atoms in total. The molecule has 2 heterocycles. The smallest absolute Gasteiger partial charge is 0.224 e. The van der Waals surface area contributed by atoms with Crippen LogP contribution in [0.4, 0.5) is 16.2 Å². The summed E-state index contributed by atoms with van der Waals surface area (Å²) in [4.78, 5) is 12.2. The molecule has 0 amide bonds. The molecule has 1 aromatic rings. The van der Waals surface area contributed by atoms with Gasteiger partial charge in [-0.1, -0.05) is 0 Å². The van der Waals surface area contributed by atoms with E-state index >= 15 is 0 Å². The summed E-state index contributed by atoms with van der Waals surface area (Å²) in [6.07, 6.45) is 3.58. The van der Waals surface area contributed by atoms with Gasteiger partial charge in [0.1, 0.15) is 0 Å². The van der Waals surface area contributed by atoms with Crippen molar-refractivity contribution in [2.45, 2.75) is 18.9 Å². The van der Waals surface area contributed by atoms with Gasteiger partial charge in [-0.25, -0.2) is 9.37 Å². The second kappa shape index (κ2) is 5.48. The number of nitrogens with zero attached hydrogens (tertiary/aromatic N) is 4. The van der Waals surface area contributed by atoms with Crippen LogP contribution in [0.15, 0.2) is 6.20 Å². The summed E-state index contributed by atoms with van der Waals surface area (Å²) < 4.78 is 13.7. The fourth-order valence-electron chi connectivity index (χ4n) is 2.36. The molecule has 2 rings (SSSR count). The summed E-state index contributed by atoms with van der Waals surface area (Å²) >= 11 is 0. The quantitative estimate of drug-likeness (QED) is 0.873. The average molecular weight is 253 g/mol. The van der Waals surface area contributed by atoms with Gasteiger partial charge in [0.25, 0.3) is 0 Å². The van der Waals surface area contributed by atoms with Gasteiger partial charge in [-0.2, -0.15) is 4.98 Å². The van der Waals surface area contributed by atoms with Crippen molar-refractivity contribution in [1.82, 2.24) is 14.9 Å². The molecular formula is C12H20FN5. The molecule has 1 saturated heterocycles. The van der Waals surface area contributed by atoms with Gasteiger partial charge in [0.05, 0.1) is 6.20 Å². The first kappa shape index (κ1) is 13.0. The van der Waals surface area contributed by atoms with E-state index in [0.29, 0.717) is 17.8 Å². The van der Waals surface area contributed by atoms with E-state index in [-0.39, 0.29) is 5.82 Å². The summed E-state index contributed by atoms with van der Waals surface area (Å²) in [5, 5.41) is 2.83. The molecule has 1 N–H and O–H groups in total. The molecule has 6 heteroatoms. The van der Waals surface area contributed by atoms with Crippen LogP contribution in [0, 0.1) is 5.82 Å². The van der Waals surface area contributed by atoms with Crippen LogP contribution in [0.2, 0.25) is 0 Å². The third-order valence-electron chi connectivity index (χ3n) is 3.47. The topological polar surface area (TPSA) is 44.3 Å². The van der Waals surface area contributed by atoms with Crippen molar-refractivity contribution in [3.05, 3.63) is 12.0 Å². The number of halogens is 1. The Morgan fingerprint density at radius 1 is 1.61 bits per heavy atom. The van der Waals surface area contributed by atoms with E-state index in [1.807, 2.05) is 11.9 Å². The molecule has 1 fully saturated rings. The van der Waals surface area contributed by atoms with Gasteiger partial charge in [0.2, 0.25) is 5.95 Å². The van der Waals surface area contributed by atoms with E-state index in [1.165, 1.54) is 12.6 Å². The van der Waals surface area contributed by atoms with E-state index < -0.39 is 0 Å². The average Bonchev–Trinajstić information content (AvgIpc) is 2.75. The number of hydrogen-bond donors (Lipinski definition) is 1. The van der Waals surface area contributed by atoms with Crippen molar-refractivity contribution in [3.63, 3.8) is 0 Å². The zero-order valence-corrected chi connectivity index (χ0v) is 11.1. The van der Waals surface area contributed by atoms with Gasteiger partial charge in [0, 0.05) is 26.7 Å². The molecule has 0 bridgehead atoms. The minimum atomic E-state index is -0.378. The Bertz CT molecular complexity index is 411. The Kier molecular flexibility index (Phi) is 3.96. The highest BCUT2D eigenvalue weighted by Gasteiger charge is 2.23. The summed E-state index contributed by atoms with van der Waals surface area (Å²) in [6, 6.07) is 0.474. The van der Waals surface area contributed by atoms with Crippen LogP contribution in [0.25, 0.3) is 0 Å². The summed E-state index contributed by atoms with van der Waals surface area (Å²) in [6.45, 7) is 1.90. The molecular weight excluding hydrogens is 233 g/mol. The minimum absolute atomic E-state index is 0.356. The van der Waals surface area contributed by atoms with Crippen LogP contribution in [0.5, 0.6) is 0 Å². The minimum Gasteiger partial charge on any atom is -0.357 e.